The second kappa shape index (κ2) is 5.67. The van der Waals surface area contributed by atoms with Gasteiger partial charge in [0.1, 0.15) is 10.8 Å². The van der Waals surface area contributed by atoms with Crippen LogP contribution < -0.4 is 11.1 Å². The number of rotatable bonds is 4. The fraction of sp³-hybridized carbons (Fsp3) is 0. The Morgan fingerprint density at radius 2 is 2.00 bits per heavy atom. The van der Waals surface area contributed by atoms with Gasteiger partial charge in [-0.15, -0.1) is 11.3 Å². The number of amides is 2. The first-order valence-electron chi connectivity index (χ1n) is 5.52. The third kappa shape index (κ3) is 3.03. The molecule has 3 N–H and O–H groups in total. The lowest BCUT2D eigenvalue weighted by Crippen LogP contribution is -2.17. The summed E-state index contributed by atoms with van der Waals surface area (Å²) >= 11 is 1.03. The molecule has 7 nitrogen and oxygen atoms in total. The molecule has 2 aromatic rings. The largest absolute Gasteiger partial charge is 0.366 e. The van der Waals surface area contributed by atoms with Gasteiger partial charge in [-0.1, -0.05) is 0 Å². The van der Waals surface area contributed by atoms with Gasteiger partial charge in [0.25, 0.3) is 17.5 Å². The van der Waals surface area contributed by atoms with Crippen LogP contribution in [-0.2, 0) is 0 Å². The van der Waals surface area contributed by atoms with E-state index in [0.717, 1.165) is 29.5 Å². The highest BCUT2D eigenvalue weighted by atomic mass is 32.1. The highest BCUT2D eigenvalue weighted by Crippen LogP contribution is 2.24. The van der Waals surface area contributed by atoms with Crippen molar-refractivity contribution in [1.82, 2.24) is 0 Å². The smallest absolute Gasteiger partial charge is 0.270 e. The quantitative estimate of drug-likeness (QED) is 0.665. The molecule has 0 saturated heterocycles. The van der Waals surface area contributed by atoms with Crippen LogP contribution in [0.1, 0.15) is 20.7 Å². The van der Waals surface area contributed by atoms with E-state index < -0.39 is 33.8 Å². The van der Waals surface area contributed by atoms with Gasteiger partial charge >= 0.3 is 0 Å². The predicted octanol–water partition coefficient (Wildman–Crippen LogP) is 2.15. The minimum Gasteiger partial charge on any atom is -0.366 e. The Balaban J connectivity index is 2.32. The van der Waals surface area contributed by atoms with Crippen LogP contribution in [0.25, 0.3) is 0 Å². The fourth-order valence-corrected chi connectivity index (χ4v) is 2.36. The van der Waals surface area contributed by atoms with Crippen molar-refractivity contribution in [3.8, 4) is 0 Å². The molecule has 2 rings (SSSR count). The number of primary amides is 1. The summed E-state index contributed by atoms with van der Waals surface area (Å²) in [6.45, 7) is 0. The van der Waals surface area contributed by atoms with Gasteiger partial charge in [-0.05, 0) is 17.5 Å². The molecule has 0 fully saturated rings. The van der Waals surface area contributed by atoms with Gasteiger partial charge in [0.05, 0.1) is 16.1 Å². The lowest BCUT2D eigenvalue weighted by Gasteiger charge is -2.05. The Kier molecular flexibility index (Phi) is 3.94. The molecule has 0 aliphatic rings. The minimum atomic E-state index is -0.907. The maximum Gasteiger partial charge on any atom is 0.270 e. The average Bonchev–Trinajstić information content (AvgIpc) is 2.87. The molecule has 21 heavy (non-hydrogen) atoms. The highest BCUT2D eigenvalue weighted by molar-refractivity contribution is 7.14. The third-order valence-electron chi connectivity index (χ3n) is 2.56. The minimum absolute atomic E-state index is 0.0826. The zero-order chi connectivity index (χ0) is 15.6. The number of nitrogens with zero attached hydrogens (tertiary/aromatic N) is 1. The van der Waals surface area contributed by atoms with Crippen molar-refractivity contribution in [3.05, 3.63) is 56.7 Å². The standard InChI is InChI=1S/C12H8FN3O4S/c13-9-2-1-6(16(19)20)5-8(9)11(18)15-12-7(10(14)17)3-4-21-12/h1-5H,(H2,14,17)(H,15,18). The second-order valence-corrected chi connectivity index (χ2v) is 4.82. The zero-order valence-electron chi connectivity index (χ0n) is 10.3. The van der Waals surface area contributed by atoms with E-state index in [1.165, 1.54) is 11.4 Å². The Hall–Kier alpha value is -2.81. The number of nitrogens with two attached hydrogens (primary N) is 1. The number of nitro benzene ring substituents is 1. The Labute approximate surface area is 121 Å². The van der Waals surface area contributed by atoms with Gasteiger partial charge in [0, 0.05) is 12.1 Å². The number of carbonyl (C=O) groups excluding carboxylic acids is 2. The molecule has 108 valence electrons. The lowest BCUT2D eigenvalue weighted by molar-refractivity contribution is -0.384. The maximum atomic E-state index is 13.6. The number of thiophene rings is 1. The summed E-state index contributed by atoms with van der Waals surface area (Å²) < 4.78 is 13.6. The van der Waals surface area contributed by atoms with Gasteiger partial charge in [0.15, 0.2) is 0 Å². The number of hydrogen-bond donors (Lipinski definition) is 2. The molecule has 1 aromatic heterocycles. The Morgan fingerprint density at radius 1 is 1.29 bits per heavy atom. The van der Waals surface area contributed by atoms with Crippen molar-refractivity contribution in [2.45, 2.75) is 0 Å². The van der Waals surface area contributed by atoms with Crippen molar-refractivity contribution in [3.63, 3.8) is 0 Å². The van der Waals surface area contributed by atoms with Crippen LogP contribution >= 0.6 is 11.3 Å². The molecular weight excluding hydrogens is 301 g/mol. The number of benzene rings is 1. The number of carbonyl (C=O) groups is 2. The SMILES string of the molecule is NC(=O)c1ccsc1NC(=O)c1cc([N+](=O)[O-])ccc1F. The van der Waals surface area contributed by atoms with E-state index in [1.807, 2.05) is 0 Å². The summed E-state index contributed by atoms with van der Waals surface area (Å²) in [6.07, 6.45) is 0. The molecule has 0 radical (unpaired) electrons. The molecule has 0 aliphatic heterocycles. The number of halogens is 1. The molecular formula is C12H8FN3O4S. The first-order valence-corrected chi connectivity index (χ1v) is 6.40. The normalized spacial score (nSPS) is 10.1. The van der Waals surface area contributed by atoms with Gasteiger partial charge < -0.3 is 11.1 Å². The summed E-state index contributed by atoms with van der Waals surface area (Å²) in [5, 5.41) is 14.6. The van der Waals surface area contributed by atoms with Crippen molar-refractivity contribution in [1.29, 1.82) is 0 Å². The molecule has 0 saturated carbocycles. The van der Waals surface area contributed by atoms with E-state index in [4.69, 9.17) is 5.73 Å². The topological polar surface area (TPSA) is 115 Å². The summed E-state index contributed by atoms with van der Waals surface area (Å²) in [6, 6.07) is 4.01. The molecule has 0 atom stereocenters. The average molecular weight is 309 g/mol. The van der Waals surface area contributed by atoms with Crippen LogP contribution in [0.3, 0.4) is 0 Å². The van der Waals surface area contributed by atoms with E-state index in [1.54, 1.807) is 0 Å². The molecule has 0 aliphatic carbocycles. The van der Waals surface area contributed by atoms with Crippen molar-refractivity contribution >= 4 is 33.8 Å². The van der Waals surface area contributed by atoms with E-state index >= 15 is 0 Å². The van der Waals surface area contributed by atoms with Crippen molar-refractivity contribution in [2.75, 3.05) is 5.32 Å². The first kappa shape index (κ1) is 14.6. The first-order chi connectivity index (χ1) is 9.90. The van der Waals surface area contributed by atoms with Crippen LogP contribution in [0.15, 0.2) is 29.6 Å². The van der Waals surface area contributed by atoms with Crippen molar-refractivity contribution in [2.24, 2.45) is 5.73 Å². The van der Waals surface area contributed by atoms with Crippen LogP contribution in [0.2, 0.25) is 0 Å². The van der Waals surface area contributed by atoms with Crippen LogP contribution in [0.4, 0.5) is 15.1 Å². The molecule has 0 spiro atoms. The molecule has 1 heterocycles. The van der Waals surface area contributed by atoms with E-state index in [2.05, 4.69) is 5.32 Å². The van der Waals surface area contributed by atoms with E-state index in [9.17, 15) is 24.1 Å². The maximum absolute atomic E-state index is 13.6. The summed E-state index contributed by atoms with van der Waals surface area (Å²) in [7, 11) is 0. The predicted molar refractivity (Wildman–Crippen MR) is 73.8 cm³/mol. The Bertz CT molecular complexity index is 744. The monoisotopic (exact) mass is 309 g/mol. The molecule has 2 amide bonds. The number of anilines is 1. The van der Waals surface area contributed by atoms with Gasteiger partial charge in [-0.2, -0.15) is 0 Å². The van der Waals surface area contributed by atoms with E-state index in [0.29, 0.717) is 0 Å². The third-order valence-corrected chi connectivity index (χ3v) is 3.39. The zero-order valence-corrected chi connectivity index (χ0v) is 11.1. The number of hydrogen-bond acceptors (Lipinski definition) is 5. The Morgan fingerprint density at radius 3 is 2.62 bits per heavy atom. The molecule has 0 bridgehead atoms. The molecule has 0 unspecified atom stereocenters. The number of non-ortho nitro benzene ring substituents is 1. The highest BCUT2D eigenvalue weighted by Gasteiger charge is 2.19. The number of nitrogens with one attached hydrogen (secondary N) is 1. The van der Waals surface area contributed by atoms with Crippen molar-refractivity contribution < 1.29 is 18.9 Å². The van der Waals surface area contributed by atoms with Crippen LogP contribution in [0.5, 0.6) is 0 Å². The van der Waals surface area contributed by atoms with Gasteiger partial charge in [-0.3, -0.25) is 19.7 Å². The summed E-state index contributed by atoms with van der Waals surface area (Å²) in [4.78, 5) is 33.0. The van der Waals surface area contributed by atoms with Crippen LogP contribution in [0, 0.1) is 15.9 Å². The molecule has 1 aromatic carbocycles. The van der Waals surface area contributed by atoms with Gasteiger partial charge in [0.2, 0.25) is 0 Å². The molecule has 9 heteroatoms. The lowest BCUT2D eigenvalue weighted by atomic mass is 10.1. The number of nitro groups is 1. The van der Waals surface area contributed by atoms with E-state index in [-0.39, 0.29) is 10.6 Å². The summed E-state index contributed by atoms with van der Waals surface area (Å²) in [5.41, 5.74) is 4.30. The fourth-order valence-electron chi connectivity index (χ4n) is 1.57. The van der Waals surface area contributed by atoms with Crippen LogP contribution in [-0.4, -0.2) is 16.7 Å². The summed E-state index contributed by atoms with van der Waals surface area (Å²) in [5.74, 6) is -2.55. The second-order valence-electron chi connectivity index (χ2n) is 3.90. The van der Waals surface area contributed by atoms with Gasteiger partial charge in [-0.25, -0.2) is 4.39 Å².